The second-order valence-electron chi connectivity index (χ2n) is 4.52. The van der Waals surface area contributed by atoms with E-state index >= 15 is 0 Å². The maximum atomic E-state index is 11.7. The summed E-state index contributed by atoms with van der Waals surface area (Å²) >= 11 is 0. The van der Waals surface area contributed by atoms with Crippen molar-refractivity contribution in [2.75, 3.05) is 19.0 Å². The lowest BCUT2D eigenvalue weighted by molar-refractivity contribution is -0.119. The van der Waals surface area contributed by atoms with Gasteiger partial charge in [0.1, 0.15) is 0 Å². The monoisotopic (exact) mass is 299 g/mol. The lowest BCUT2D eigenvalue weighted by atomic mass is 10.2. The van der Waals surface area contributed by atoms with E-state index in [2.05, 4.69) is 20.4 Å². The average Bonchev–Trinajstić information content (AvgIpc) is 2.58. The molecule has 0 radical (unpaired) electrons. The zero-order chi connectivity index (χ0) is 15.8. The van der Waals surface area contributed by atoms with Crippen molar-refractivity contribution in [3.8, 4) is 0 Å². The van der Waals surface area contributed by atoms with Crippen molar-refractivity contribution in [3.63, 3.8) is 0 Å². The molecule has 0 fully saturated rings. The van der Waals surface area contributed by atoms with Gasteiger partial charge in [-0.15, -0.1) is 0 Å². The average molecular weight is 299 g/mol. The summed E-state index contributed by atoms with van der Waals surface area (Å²) in [6, 6.07) is 12.3. The summed E-state index contributed by atoms with van der Waals surface area (Å²) in [4.78, 5) is 27.2. The van der Waals surface area contributed by atoms with Crippen LogP contribution in [-0.2, 0) is 16.1 Å². The third-order valence-corrected chi connectivity index (χ3v) is 2.95. The topological polar surface area (TPSA) is 80.3 Å². The first-order valence-corrected chi connectivity index (χ1v) is 6.78. The van der Waals surface area contributed by atoms with Crippen LogP contribution in [0.1, 0.15) is 16.1 Å². The van der Waals surface area contributed by atoms with Crippen molar-refractivity contribution in [1.82, 2.24) is 10.3 Å². The van der Waals surface area contributed by atoms with Gasteiger partial charge < -0.3 is 15.4 Å². The van der Waals surface area contributed by atoms with E-state index < -0.39 is 0 Å². The first-order chi connectivity index (χ1) is 10.7. The number of pyridine rings is 1. The van der Waals surface area contributed by atoms with Crippen LogP contribution in [0.2, 0.25) is 0 Å². The molecule has 2 rings (SSSR count). The predicted octanol–water partition coefficient (Wildman–Crippen LogP) is 1.60. The minimum Gasteiger partial charge on any atom is -0.465 e. The number of ether oxygens (including phenoxy) is 1. The quantitative estimate of drug-likeness (QED) is 0.792. The molecule has 1 heterocycles. The van der Waals surface area contributed by atoms with Crippen LogP contribution in [0.3, 0.4) is 0 Å². The molecule has 2 aromatic rings. The molecule has 1 aromatic carbocycles. The minimum atomic E-state index is -0.389. The Labute approximate surface area is 128 Å². The second kappa shape index (κ2) is 7.78. The van der Waals surface area contributed by atoms with E-state index in [1.165, 1.54) is 7.11 Å². The lowest BCUT2D eigenvalue weighted by Crippen LogP contribution is -2.29. The Morgan fingerprint density at radius 1 is 1.14 bits per heavy atom. The van der Waals surface area contributed by atoms with Crippen LogP contribution in [0.5, 0.6) is 0 Å². The van der Waals surface area contributed by atoms with Crippen molar-refractivity contribution in [2.24, 2.45) is 0 Å². The van der Waals surface area contributed by atoms with Crippen LogP contribution in [0, 0.1) is 0 Å². The Balaban J connectivity index is 1.77. The van der Waals surface area contributed by atoms with Gasteiger partial charge in [-0.3, -0.25) is 9.78 Å². The third-order valence-electron chi connectivity index (χ3n) is 2.95. The number of anilines is 1. The van der Waals surface area contributed by atoms with Gasteiger partial charge in [0, 0.05) is 11.9 Å². The van der Waals surface area contributed by atoms with E-state index in [1.807, 2.05) is 18.2 Å². The molecule has 0 saturated heterocycles. The van der Waals surface area contributed by atoms with Crippen molar-refractivity contribution in [3.05, 3.63) is 59.9 Å². The van der Waals surface area contributed by atoms with E-state index in [0.717, 1.165) is 11.4 Å². The Morgan fingerprint density at radius 3 is 2.55 bits per heavy atom. The number of aromatic nitrogens is 1. The molecular formula is C16H17N3O3. The lowest BCUT2D eigenvalue weighted by Gasteiger charge is -2.08. The number of methoxy groups -OCH3 is 1. The summed E-state index contributed by atoms with van der Waals surface area (Å²) in [5.41, 5.74) is 2.02. The van der Waals surface area contributed by atoms with E-state index in [1.54, 1.807) is 30.5 Å². The van der Waals surface area contributed by atoms with Crippen molar-refractivity contribution in [2.45, 2.75) is 6.54 Å². The molecule has 6 heteroatoms. The standard InChI is InChI=1S/C16H17N3O3/c1-22-16(21)12-5-7-13(8-6-12)18-11-15(20)19-10-14-4-2-3-9-17-14/h2-9,18H,10-11H2,1H3,(H,19,20). The van der Waals surface area contributed by atoms with Gasteiger partial charge in [0.2, 0.25) is 5.91 Å². The zero-order valence-electron chi connectivity index (χ0n) is 12.2. The zero-order valence-corrected chi connectivity index (χ0v) is 12.2. The molecule has 0 aliphatic rings. The SMILES string of the molecule is COC(=O)c1ccc(NCC(=O)NCc2ccccn2)cc1. The highest BCUT2D eigenvalue weighted by Crippen LogP contribution is 2.09. The summed E-state index contributed by atoms with van der Waals surface area (Å²) in [6.07, 6.45) is 1.68. The number of amides is 1. The highest BCUT2D eigenvalue weighted by atomic mass is 16.5. The Morgan fingerprint density at radius 2 is 1.91 bits per heavy atom. The number of nitrogens with one attached hydrogen (secondary N) is 2. The highest BCUT2D eigenvalue weighted by molar-refractivity contribution is 5.89. The molecule has 114 valence electrons. The highest BCUT2D eigenvalue weighted by Gasteiger charge is 2.05. The van der Waals surface area contributed by atoms with Gasteiger partial charge in [0.25, 0.3) is 0 Å². The number of benzene rings is 1. The molecular weight excluding hydrogens is 282 g/mol. The molecule has 6 nitrogen and oxygen atoms in total. The Bertz CT molecular complexity index is 627. The number of hydrogen-bond acceptors (Lipinski definition) is 5. The van der Waals surface area contributed by atoms with E-state index in [0.29, 0.717) is 12.1 Å². The molecule has 1 aromatic heterocycles. The molecule has 0 unspecified atom stereocenters. The summed E-state index contributed by atoms with van der Waals surface area (Å²) in [7, 11) is 1.33. The Kier molecular flexibility index (Phi) is 5.48. The molecule has 0 aliphatic heterocycles. The molecule has 0 aliphatic carbocycles. The van der Waals surface area contributed by atoms with Crippen molar-refractivity contribution >= 4 is 17.6 Å². The number of nitrogens with zero attached hydrogens (tertiary/aromatic N) is 1. The fourth-order valence-corrected chi connectivity index (χ4v) is 1.78. The predicted molar refractivity (Wildman–Crippen MR) is 82.4 cm³/mol. The van der Waals surface area contributed by atoms with Gasteiger partial charge in [-0.05, 0) is 36.4 Å². The first kappa shape index (κ1) is 15.5. The smallest absolute Gasteiger partial charge is 0.337 e. The van der Waals surface area contributed by atoms with Gasteiger partial charge in [-0.1, -0.05) is 6.07 Å². The van der Waals surface area contributed by atoms with Crippen LogP contribution < -0.4 is 10.6 Å². The Hall–Kier alpha value is -2.89. The van der Waals surface area contributed by atoms with E-state index in [-0.39, 0.29) is 18.4 Å². The third kappa shape index (κ3) is 4.59. The maximum absolute atomic E-state index is 11.7. The summed E-state index contributed by atoms with van der Waals surface area (Å²) in [5.74, 6) is -0.526. The molecule has 0 atom stereocenters. The molecule has 0 saturated carbocycles. The summed E-state index contributed by atoms with van der Waals surface area (Å²) < 4.78 is 4.62. The number of hydrogen-bond donors (Lipinski definition) is 2. The van der Waals surface area contributed by atoms with Gasteiger partial charge in [0.05, 0.1) is 31.5 Å². The van der Waals surface area contributed by atoms with Crippen LogP contribution in [0.4, 0.5) is 5.69 Å². The number of rotatable bonds is 6. The molecule has 0 spiro atoms. The summed E-state index contributed by atoms with van der Waals surface area (Å²) in [6.45, 7) is 0.535. The van der Waals surface area contributed by atoms with Gasteiger partial charge in [0.15, 0.2) is 0 Å². The molecule has 1 amide bonds. The van der Waals surface area contributed by atoms with Crippen LogP contribution in [0.15, 0.2) is 48.7 Å². The van der Waals surface area contributed by atoms with E-state index in [9.17, 15) is 9.59 Å². The molecule has 22 heavy (non-hydrogen) atoms. The fraction of sp³-hybridized carbons (Fsp3) is 0.188. The van der Waals surface area contributed by atoms with Crippen LogP contribution in [-0.4, -0.2) is 30.5 Å². The van der Waals surface area contributed by atoms with Crippen molar-refractivity contribution < 1.29 is 14.3 Å². The van der Waals surface area contributed by atoms with Crippen molar-refractivity contribution in [1.29, 1.82) is 0 Å². The minimum absolute atomic E-state index is 0.136. The largest absolute Gasteiger partial charge is 0.465 e. The van der Waals surface area contributed by atoms with Crippen LogP contribution in [0.25, 0.3) is 0 Å². The van der Waals surface area contributed by atoms with Gasteiger partial charge >= 0.3 is 5.97 Å². The second-order valence-corrected chi connectivity index (χ2v) is 4.52. The number of carbonyl (C=O) groups excluding carboxylic acids is 2. The first-order valence-electron chi connectivity index (χ1n) is 6.78. The number of esters is 1. The maximum Gasteiger partial charge on any atom is 0.337 e. The normalized spacial score (nSPS) is 9.86. The van der Waals surface area contributed by atoms with Crippen LogP contribution >= 0.6 is 0 Å². The molecule has 0 bridgehead atoms. The van der Waals surface area contributed by atoms with E-state index in [4.69, 9.17) is 0 Å². The summed E-state index contributed by atoms with van der Waals surface area (Å²) in [5, 5.41) is 5.75. The molecule has 2 N–H and O–H groups in total. The fourth-order valence-electron chi connectivity index (χ4n) is 1.78. The van der Waals surface area contributed by atoms with Gasteiger partial charge in [-0.2, -0.15) is 0 Å². The number of carbonyl (C=O) groups is 2. The van der Waals surface area contributed by atoms with Gasteiger partial charge in [-0.25, -0.2) is 4.79 Å².